The molecule has 0 aromatic rings. The van der Waals surface area contributed by atoms with E-state index in [4.69, 9.17) is 0 Å². The number of fused-ring (bicyclic) bond motifs is 1. The van der Waals surface area contributed by atoms with E-state index in [0.717, 1.165) is 5.92 Å². The average Bonchev–Trinajstić information content (AvgIpc) is 2.18. The molecule has 0 amide bonds. The molecule has 0 aliphatic heterocycles. The van der Waals surface area contributed by atoms with Crippen molar-refractivity contribution in [1.82, 2.24) is 0 Å². The van der Waals surface area contributed by atoms with Gasteiger partial charge >= 0.3 is 0 Å². The first kappa shape index (κ1) is 10.7. The Kier molecular flexibility index (Phi) is 3.14. The molecule has 0 nitrogen and oxygen atoms in total. The van der Waals surface area contributed by atoms with Crippen molar-refractivity contribution in [2.75, 3.05) is 0 Å². The Bertz CT molecular complexity index is 317. The van der Waals surface area contributed by atoms with Crippen molar-refractivity contribution in [2.24, 2.45) is 17.8 Å². The monoisotopic (exact) mass is 202 g/mol. The molecule has 2 aliphatic rings. The lowest BCUT2D eigenvalue weighted by Crippen LogP contribution is -2.12. The zero-order valence-corrected chi connectivity index (χ0v) is 10.2. The highest BCUT2D eigenvalue weighted by molar-refractivity contribution is 5.37. The van der Waals surface area contributed by atoms with Gasteiger partial charge < -0.3 is 0 Å². The first-order chi connectivity index (χ1) is 7.16. The van der Waals surface area contributed by atoms with E-state index < -0.39 is 0 Å². The molecule has 0 spiro atoms. The van der Waals surface area contributed by atoms with Crippen LogP contribution in [0.5, 0.6) is 0 Å². The molecule has 0 heteroatoms. The second-order valence-electron chi connectivity index (χ2n) is 5.21. The molecular formula is C15H22. The van der Waals surface area contributed by atoms with Crippen LogP contribution in [0, 0.1) is 17.8 Å². The van der Waals surface area contributed by atoms with E-state index in [9.17, 15) is 0 Å². The van der Waals surface area contributed by atoms with E-state index in [0.29, 0.717) is 11.8 Å². The SMILES string of the molecule is CC1/C=C\C(C)/C=C2\C(=C/1)CCCC2C. The van der Waals surface area contributed by atoms with Crippen molar-refractivity contribution in [2.45, 2.75) is 40.0 Å². The van der Waals surface area contributed by atoms with Crippen LogP contribution in [0.4, 0.5) is 0 Å². The maximum Gasteiger partial charge on any atom is -0.00756 e. The van der Waals surface area contributed by atoms with Crippen molar-refractivity contribution < 1.29 is 0 Å². The highest BCUT2D eigenvalue weighted by Gasteiger charge is 2.20. The molecule has 15 heavy (non-hydrogen) atoms. The van der Waals surface area contributed by atoms with Crippen LogP contribution in [0.25, 0.3) is 0 Å². The van der Waals surface area contributed by atoms with Crippen LogP contribution < -0.4 is 0 Å². The van der Waals surface area contributed by atoms with Gasteiger partial charge in [0.2, 0.25) is 0 Å². The minimum Gasteiger partial charge on any atom is -0.0813 e. The summed E-state index contributed by atoms with van der Waals surface area (Å²) in [6.07, 6.45) is 13.6. The Morgan fingerprint density at radius 1 is 1.00 bits per heavy atom. The quantitative estimate of drug-likeness (QED) is 0.507. The molecule has 2 aliphatic carbocycles. The van der Waals surface area contributed by atoms with Gasteiger partial charge in [-0.3, -0.25) is 0 Å². The van der Waals surface area contributed by atoms with Gasteiger partial charge in [0.05, 0.1) is 0 Å². The average molecular weight is 202 g/mol. The fraction of sp³-hybridized carbons (Fsp3) is 0.600. The Morgan fingerprint density at radius 3 is 2.40 bits per heavy atom. The standard InChI is InChI=1S/C15H22/c1-11-7-8-12(2)10-15-13(3)5-4-6-14(15)9-11/h7-13H,4-6H2,1-3H3/b8-7-,14-9-,15-10-. The molecule has 0 bridgehead atoms. The fourth-order valence-electron chi connectivity index (χ4n) is 2.73. The predicted octanol–water partition coefficient (Wildman–Crippen LogP) is 4.50. The molecule has 0 N–H and O–H groups in total. The molecule has 82 valence electrons. The van der Waals surface area contributed by atoms with Gasteiger partial charge in [0.15, 0.2) is 0 Å². The number of rotatable bonds is 0. The fourth-order valence-corrected chi connectivity index (χ4v) is 2.73. The maximum absolute atomic E-state index is 2.47. The van der Waals surface area contributed by atoms with Crippen molar-refractivity contribution in [3.05, 3.63) is 35.5 Å². The lowest BCUT2D eigenvalue weighted by atomic mass is 9.78. The van der Waals surface area contributed by atoms with Gasteiger partial charge in [-0.05, 0) is 48.2 Å². The molecule has 3 unspecified atom stereocenters. The largest absolute Gasteiger partial charge is 0.0813 e. The first-order valence-electron chi connectivity index (χ1n) is 6.28. The van der Waals surface area contributed by atoms with E-state index in [-0.39, 0.29) is 0 Å². The second-order valence-corrected chi connectivity index (χ2v) is 5.21. The summed E-state index contributed by atoms with van der Waals surface area (Å²) in [4.78, 5) is 0. The third-order valence-corrected chi connectivity index (χ3v) is 3.61. The zero-order chi connectivity index (χ0) is 10.8. The molecule has 3 atom stereocenters. The van der Waals surface area contributed by atoms with E-state index in [1.165, 1.54) is 19.3 Å². The minimum absolute atomic E-state index is 0.603. The molecule has 1 fully saturated rings. The van der Waals surface area contributed by atoms with Crippen LogP contribution in [-0.2, 0) is 0 Å². The Balaban J connectivity index is 2.37. The summed E-state index contributed by atoms with van der Waals surface area (Å²) in [6, 6.07) is 0. The highest BCUT2D eigenvalue weighted by atomic mass is 14.3. The molecule has 0 aromatic heterocycles. The van der Waals surface area contributed by atoms with Crippen LogP contribution in [0.2, 0.25) is 0 Å². The van der Waals surface area contributed by atoms with Crippen LogP contribution in [0.1, 0.15) is 40.0 Å². The normalized spacial score (nSPS) is 45.1. The molecule has 1 saturated carbocycles. The van der Waals surface area contributed by atoms with Gasteiger partial charge in [0, 0.05) is 0 Å². The lowest BCUT2D eigenvalue weighted by molar-refractivity contribution is 0.531. The highest BCUT2D eigenvalue weighted by Crippen LogP contribution is 2.36. The van der Waals surface area contributed by atoms with Crippen molar-refractivity contribution in [3.63, 3.8) is 0 Å². The second kappa shape index (κ2) is 4.38. The molecule has 0 heterocycles. The molecule has 2 rings (SSSR count). The Morgan fingerprint density at radius 2 is 1.67 bits per heavy atom. The predicted molar refractivity (Wildman–Crippen MR) is 66.6 cm³/mol. The summed E-state index contributed by atoms with van der Waals surface area (Å²) >= 11 is 0. The van der Waals surface area contributed by atoms with Crippen LogP contribution in [-0.4, -0.2) is 0 Å². The topological polar surface area (TPSA) is 0 Å². The first-order valence-corrected chi connectivity index (χ1v) is 6.28. The van der Waals surface area contributed by atoms with E-state index in [1.54, 1.807) is 11.1 Å². The van der Waals surface area contributed by atoms with Gasteiger partial charge in [-0.15, -0.1) is 0 Å². The smallest absolute Gasteiger partial charge is 0.00756 e. The Labute approximate surface area is 93.8 Å². The van der Waals surface area contributed by atoms with Gasteiger partial charge in [0.25, 0.3) is 0 Å². The number of hydrogen-bond acceptors (Lipinski definition) is 0. The summed E-state index contributed by atoms with van der Waals surface area (Å²) in [7, 11) is 0. The molecular weight excluding hydrogens is 180 g/mol. The number of allylic oxidation sites excluding steroid dienone is 6. The van der Waals surface area contributed by atoms with Gasteiger partial charge in [-0.25, -0.2) is 0 Å². The van der Waals surface area contributed by atoms with E-state index in [2.05, 4.69) is 45.1 Å². The van der Waals surface area contributed by atoms with Crippen LogP contribution in [0.3, 0.4) is 0 Å². The summed E-state index contributed by atoms with van der Waals surface area (Å²) in [5, 5.41) is 0. The van der Waals surface area contributed by atoms with Crippen molar-refractivity contribution in [3.8, 4) is 0 Å². The molecule has 0 radical (unpaired) electrons. The van der Waals surface area contributed by atoms with Gasteiger partial charge in [-0.1, -0.05) is 45.1 Å². The lowest BCUT2D eigenvalue weighted by Gasteiger charge is -2.27. The number of hydrogen-bond donors (Lipinski definition) is 0. The summed E-state index contributed by atoms with van der Waals surface area (Å²) in [5.74, 6) is 1.98. The summed E-state index contributed by atoms with van der Waals surface area (Å²) < 4.78 is 0. The van der Waals surface area contributed by atoms with E-state index >= 15 is 0 Å². The molecule has 0 aromatic carbocycles. The summed E-state index contributed by atoms with van der Waals surface area (Å²) in [6.45, 7) is 6.96. The third kappa shape index (κ3) is 2.42. The van der Waals surface area contributed by atoms with Crippen LogP contribution in [0.15, 0.2) is 35.5 Å². The zero-order valence-electron chi connectivity index (χ0n) is 10.2. The minimum atomic E-state index is 0.603. The van der Waals surface area contributed by atoms with Gasteiger partial charge in [-0.2, -0.15) is 0 Å². The van der Waals surface area contributed by atoms with E-state index in [1.807, 2.05) is 0 Å². The van der Waals surface area contributed by atoms with Crippen molar-refractivity contribution >= 4 is 0 Å². The summed E-state index contributed by atoms with van der Waals surface area (Å²) in [5.41, 5.74) is 3.25. The Hall–Kier alpha value is -0.780. The maximum atomic E-state index is 2.47. The van der Waals surface area contributed by atoms with Gasteiger partial charge in [0.1, 0.15) is 0 Å². The van der Waals surface area contributed by atoms with Crippen LogP contribution >= 0.6 is 0 Å². The third-order valence-electron chi connectivity index (χ3n) is 3.61. The molecule has 0 saturated heterocycles. The van der Waals surface area contributed by atoms with Crippen molar-refractivity contribution in [1.29, 1.82) is 0 Å².